The van der Waals surface area contributed by atoms with Crippen LogP contribution in [0.4, 0.5) is 0 Å². The number of carbonyl (C=O) groups excluding carboxylic acids is 1. The Morgan fingerprint density at radius 1 is 1.41 bits per heavy atom. The minimum absolute atomic E-state index is 0.00887. The fraction of sp³-hybridized carbons (Fsp3) is 0.833. The molecule has 17 heavy (non-hydrogen) atoms. The largest absolute Gasteiger partial charge is 0.392 e. The van der Waals surface area contributed by atoms with Gasteiger partial charge in [-0.3, -0.25) is 4.79 Å². The average Bonchev–Trinajstić information content (AvgIpc) is 2.25. The molecule has 96 valence electrons. The summed E-state index contributed by atoms with van der Waals surface area (Å²) >= 11 is 5.01. The van der Waals surface area contributed by atoms with Crippen molar-refractivity contribution in [3.8, 4) is 0 Å². The lowest BCUT2D eigenvalue weighted by atomic mass is 9.68. The molecule has 2 aliphatic rings. The molecule has 0 aromatic rings. The Morgan fingerprint density at radius 2 is 2.18 bits per heavy atom. The third-order valence-electron chi connectivity index (χ3n) is 3.88. The number of thiocarbonyl (C=S) groups is 1. The van der Waals surface area contributed by atoms with Crippen LogP contribution in [-0.4, -0.2) is 30.2 Å². The molecule has 5 heteroatoms. The van der Waals surface area contributed by atoms with Gasteiger partial charge in [-0.15, -0.1) is 0 Å². The fourth-order valence-corrected chi connectivity index (χ4v) is 2.76. The highest BCUT2D eigenvalue weighted by atomic mass is 32.1. The van der Waals surface area contributed by atoms with Crippen molar-refractivity contribution in [2.24, 2.45) is 11.1 Å². The summed E-state index contributed by atoms with van der Waals surface area (Å²) in [6.07, 6.45) is 6.11. The maximum Gasteiger partial charge on any atom is 0.233 e. The van der Waals surface area contributed by atoms with E-state index in [1.807, 2.05) is 0 Å². The van der Waals surface area contributed by atoms with E-state index in [9.17, 15) is 4.79 Å². The van der Waals surface area contributed by atoms with Crippen LogP contribution in [0, 0.1) is 5.41 Å². The Hall–Kier alpha value is -0.680. The minimum atomic E-state index is -0.565. The van der Waals surface area contributed by atoms with Gasteiger partial charge in [0.15, 0.2) is 0 Å². The Kier molecular flexibility index (Phi) is 3.99. The summed E-state index contributed by atoms with van der Waals surface area (Å²) in [6, 6.07) is 0. The van der Waals surface area contributed by atoms with E-state index in [-0.39, 0.29) is 12.0 Å². The molecule has 4 nitrogen and oxygen atoms in total. The molecule has 0 bridgehead atoms. The lowest BCUT2D eigenvalue weighted by Crippen LogP contribution is -2.54. The summed E-state index contributed by atoms with van der Waals surface area (Å²) < 4.78 is 5.57. The van der Waals surface area contributed by atoms with E-state index in [4.69, 9.17) is 22.7 Å². The Bertz CT molecular complexity index is 310. The molecule has 3 N–H and O–H groups in total. The van der Waals surface area contributed by atoms with Crippen LogP contribution in [0.25, 0.3) is 0 Å². The predicted octanol–water partition coefficient (Wildman–Crippen LogP) is 1.13. The molecule has 1 amide bonds. The summed E-state index contributed by atoms with van der Waals surface area (Å²) in [4.78, 5) is 12.4. The van der Waals surface area contributed by atoms with Gasteiger partial charge in [-0.05, 0) is 32.1 Å². The molecule has 0 spiro atoms. The molecule has 1 aliphatic heterocycles. The van der Waals surface area contributed by atoms with Crippen LogP contribution in [0.15, 0.2) is 0 Å². The van der Waals surface area contributed by atoms with E-state index in [2.05, 4.69) is 5.32 Å². The van der Waals surface area contributed by atoms with Crippen LogP contribution < -0.4 is 11.1 Å². The van der Waals surface area contributed by atoms with E-state index in [0.29, 0.717) is 11.5 Å². The number of rotatable bonds is 4. The number of hydrogen-bond acceptors (Lipinski definition) is 3. The van der Waals surface area contributed by atoms with Crippen molar-refractivity contribution >= 4 is 23.1 Å². The van der Waals surface area contributed by atoms with Crippen LogP contribution in [-0.2, 0) is 9.53 Å². The third kappa shape index (κ3) is 2.60. The highest BCUT2D eigenvalue weighted by Crippen LogP contribution is 2.41. The second-order valence-corrected chi connectivity index (χ2v) is 5.44. The van der Waals surface area contributed by atoms with Crippen molar-refractivity contribution < 1.29 is 9.53 Å². The normalized spacial score (nSPS) is 26.9. The predicted molar refractivity (Wildman–Crippen MR) is 69.7 cm³/mol. The molecule has 1 unspecified atom stereocenters. The molecule has 0 aromatic carbocycles. The van der Waals surface area contributed by atoms with Crippen molar-refractivity contribution in [3.05, 3.63) is 0 Å². The van der Waals surface area contributed by atoms with Gasteiger partial charge in [0.2, 0.25) is 5.91 Å². The molecule has 2 fully saturated rings. The van der Waals surface area contributed by atoms with Crippen LogP contribution in [0.2, 0.25) is 0 Å². The lowest BCUT2D eigenvalue weighted by molar-refractivity contribution is -0.131. The monoisotopic (exact) mass is 256 g/mol. The summed E-state index contributed by atoms with van der Waals surface area (Å²) in [7, 11) is 0. The Labute approximate surface area is 107 Å². The molecule has 1 atom stereocenters. The van der Waals surface area contributed by atoms with Gasteiger partial charge >= 0.3 is 0 Å². The lowest BCUT2D eigenvalue weighted by Gasteiger charge is -2.39. The van der Waals surface area contributed by atoms with Gasteiger partial charge < -0.3 is 15.8 Å². The standard InChI is InChI=1S/C12H20N2O2S/c13-10(17)12(5-3-6-12)11(15)14-8-9-4-1-2-7-16-9/h9H,1-8H2,(H2,13,17)(H,14,15). The second kappa shape index (κ2) is 5.31. The summed E-state index contributed by atoms with van der Waals surface area (Å²) in [5.74, 6) is -0.00887. The van der Waals surface area contributed by atoms with Crippen molar-refractivity contribution in [1.29, 1.82) is 0 Å². The minimum Gasteiger partial charge on any atom is -0.392 e. The molecular weight excluding hydrogens is 236 g/mol. The second-order valence-electron chi connectivity index (χ2n) is 5.00. The highest BCUT2D eigenvalue weighted by molar-refractivity contribution is 7.80. The molecule has 1 saturated heterocycles. The fourth-order valence-electron chi connectivity index (χ4n) is 2.46. The number of amides is 1. The summed E-state index contributed by atoms with van der Waals surface area (Å²) in [5, 5.41) is 2.95. The first-order valence-corrected chi connectivity index (χ1v) is 6.76. The molecule has 1 saturated carbocycles. The highest BCUT2D eigenvalue weighted by Gasteiger charge is 2.46. The van der Waals surface area contributed by atoms with Crippen molar-refractivity contribution in [3.63, 3.8) is 0 Å². The van der Waals surface area contributed by atoms with Gasteiger partial charge in [-0.2, -0.15) is 0 Å². The molecular formula is C12H20N2O2S. The van der Waals surface area contributed by atoms with Crippen molar-refractivity contribution in [2.75, 3.05) is 13.2 Å². The van der Waals surface area contributed by atoms with E-state index in [0.717, 1.165) is 38.7 Å². The number of ether oxygens (including phenoxy) is 1. The smallest absolute Gasteiger partial charge is 0.233 e. The number of hydrogen-bond donors (Lipinski definition) is 2. The molecule has 0 aromatic heterocycles. The maximum atomic E-state index is 12.1. The Morgan fingerprint density at radius 3 is 2.65 bits per heavy atom. The number of nitrogens with one attached hydrogen (secondary N) is 1. The van der Waals surface area contributed by atoms with Gasteiger partial charge in [0, 0.05) is 13.2 Å². The van der Waals surface area contributed by atoms with Gasteiger partial charge in [-0.1, -0.05) is 18.6 Å². The van der Waals surface area contributed by atoms with E-state index in [1.165, 1.54) is 6.42 Å². The van der Waals surface area contributed by atoms with Crippen molar-refractivity contribution in [1.82, 2.24) is 5.32 Å². The SMILES string of the molecule is NC(=S)C1(C(=O)NCC2CCCCO2)CCC1. The summed E-state index contributed by atoms with van der Waals surface area (Å²) in [5.41, 5.74) is 5.12. The van der Waals surface area contributed by atoms with Gasteiger partial charge in [-0.25, -0.2) is 0 Å². The first-order chi connectivity index (χ1) is 8.15. The first-order valence-electron chi connectivity index (χ1n) is 6.35. The van der Waals surface area contributed by atoms with Gasteiger partial charge in [0.1, 0.15) is 0 Å². The Balaban J connectivity index is 1.82. The molecule has 0 radical (unpaired) electrons. The summed E-state index contributed by atoms with van der Waals surface area (Å²) in [6.45, 7) is 1.39. The van der Waals surface area contributed by atoms with E-state index < -0.39 is 5.41 Å². The molecule has 1 heterocycles. The molecule has 2 rings (SSSR count). The third-order valence-corrected chi connectivity index (χ3v) is 4.27. The average molecular weight is 256 g/mol. The zero-order chi connectivity index (χ0) is 12.3. The number of carbonyl (C=O) groups is 1. The molecule has 1 aliphatic carbocycles. The van der Waals surface area contributed by atoms with Gasteiger partial charge in [0.05, 0.1) is 16.5 Å². The zero-order valence-electron chi connectivity index (χ0n) is 10.0. The van der Waals surface area contributed by atoms with Gasteiger partial charge in [0.25, 0.3) is 0 Å². The van der Waals surface area contributed by atoms with E-state index in [1.54, 1.807) is 0 Å². The maximum absolute atomic E-state index is 12.1. The zero-order valence-corrected chi connectivity index (χ0v) is 10.9. The topological polar surface area (TPSA) is 64.4 Å². The quantitative estimate of drug-likeness (QED) is 0.740. The van der Waals surface area contributed by atoms with Crippen LogP contribution in [0.1, 0.15) is 38.5 Å². The van der Waals surface area contributed by atoms with Crippen LogP contribution in [0.5, 0.6) is 0 Å². The van der Waals surface area contributed by atoms with Crippen LogP contribution in [0.3, 0.4) is 0 Å². The van der Waals surface area contributed by atoms with E-state index >= 15 is 0 Å². The van der Waals surface area contributed by atoms with Crippen LogP contribution >= 0.6 is 12.2 Å². The van der Waals surface area contributed by atoms with Crippen molar-refractivity contribution in [2.45, 2.75) is 44.6 Å². The number of nitrogens with two attached hydrogens (primary N) is 1. The first kappa shape index (κ1) is 12.8.